The van der Waals surface area contributed by atoms with Gasteiger partial charge in [-0.25, -0.2) is 9.37 Å². The lowest BCUT2D eigenvalue weighted by Gasteiger charge is -2.08. The molecule has 0 rings (SSSR count). The fraction of sp³-hybridized carbons (Fsp3) is 0.545. The van der Waals surface area contributed by atoms with Crippen LogP contribution in [0.2, 0.25) is 0 Å². The topological polar surface area (TPSA) is 75.8 Å². The van der Waals surface area contributed by atoms with Gasteiger partial charge >= 0.3 is 11.9 Å². The van der Waals surface area contributed by atoms with E-state index in [2.05, 4.69) is 18.0 Å². The second kappa shape index (κ2) is 8.46. The lowest BCUT2D eigenvalue weighted by Crippen LogP contribution is -2.27. The molecule has 0 amide bonds. The summed E-state index contributed by atoms with van der Waals surface area (Å²) in [5, 5.41) is 9.36. The van der Waals surface area contributed by atoms with Crippen molar-refractivity contribution in [3.05, 3.63) is 12.7 Å². The van der Waals surface area contributed by atoms with Crippen LogP contribution < -0.4 is 0 Å². The van der Waals surface area contributed by atoms with Gasteiger partial charge in [-0.2, -0.15) is 0 Å². The van der Waals surface area contributed by atoms with Crippen LogP contribution in [-0.4, -0.2) is 61.2 Å². The minimum Gasteiger partial charge on any atom is -0.463 e. The fourth-order valence-corrected chi connectivity index (χ4v) is 0.968. The number of rotatable bonds is 8. The molecular formula is C11H18NO5+. The first-order valence-corrected chi connectivity index (χ1v) is 5.10. The zero-order valence-corrected chi connectivity index (χ0v) is 9.92. The lowest BCUT2D eigenvalue weighted by molar-refractivity contribution is -0.499. The minimum atomic E-state index is -0.780. The van der Waals surface area contributed by atoms with Crippen LogP contribution in [-0.2, 0) is 19.1 Å². The monoisotopic (exact) mass is 244 g/mol. The van der Waals surface area contributed by atoms with E-state index in [1.165, 1.54) is 4.58 Å². The van der Waals surface area contributed by atoms with Crippen LogP contribution >= 0.6 is 0 Å². The van der Waals surface area contributed by atoms with Crippen LogP contribution in [0, 0.1) is 0 Å². The summed E-state index contributed by atoms with van der Waals surface area (Å²) in [7, 11) is 1.69. The van der Waals surface area contributed by atoms with E-state index in [1.807, 2.05) is 0 Å². The molecule has 96 valence electrons. The van der Waals surface area contributed by atoms with Crippen molar-refractivity contribution in [2.45, 2.75) is 12.5 Å². The van der Waals surface area contributed by atoms with Crippen molar-refractivity contribution in [2.75, 3.05) is 26.8 Å². The fourth-order valence-electron chi connectivity index (χ4n) is 0.968. The number of aliphatic hydroxyl groups is 1. The molecule has 0 aliphatic rings. The molecular weight excluding hydrogens is 226 g/mol. The Morgan fingerprint density at radius 3 is 2.65 bits per heavy atom. The average molecular weight is 244 g/mol. The minimum absolute atomic E-state index is 0.0491. The van der Waals surface area contributed by atoms with E-state index in [9.17, 15) is 14.7 Å². The third kappa shape index (κ3) is 9.25. The Labute approximate surface area is 100 Å². The van der Waals surface area contributed by atoms with Crippen molar-refractivity contribution in [1.29, 1.82) is 0 Å². The molecule has 0 aromatic rings. The molecule has 0 aromatic heterocycles. The maximum atomic E-state index is 11.1. The Kier molecular flexibility index (Phi) is 7.62. The second-order valence-electron chi connectivity index (χ2n) is 3.50. The molecule has 0 spiro atoms. The molecule has 0 fully saturated rings. The number of hydrogen-bond donors (Lipinski definition) is 1. The van der Waals surface area contributed by atoms with Gasteiger partial charge in [0.25, 0.3) is 0 Å². The molecule has 0 heterocycles. The molecule has 0 aromatic carbocycles. The molecule has 1 atom stereocenters. The van der Waals surface area contributed by atoms with Gasteiger partial charge in [0.05, 0.1) is 6.42 Å². The number of likely N-dealkylation sites (N-methyl/N-ethyl adjacent to an activating group) is 1. The summed E-state index contributed by atoms with van der Waals surface area (Å²) in [6.07, 6.45) is 0.184. The summed E-state index contributed by atoms with van der Waals surface area (Å²) in [4.78, 5) is 21.8. The van der Waals surface area contributed by atoms with Crippen LogP contribution in [0.5, 0.6) is 0 Å². The van der Waals surface area contributed by atoms with Crippen molar-refractivity contribution < 1.29 is 28.7 Å². The predicted octanol–water partition coefficient (Wildman–Crippen LogP) is -0.647. The number of aliphatic hydroxyl groups excluding tert-OH is 1. The van der Waals surface area contributed by atoms with E-state index in [-0.39, 0.29) is 19.6 Å². The van der Waals surface area contributed by atoms with Gasteiger partial charge in [0.15, 0.2) is 6.54 Å². The normalized spacial score (nSPS) is 11.4. The zero-order chi connectivity index (χ0) is 13.3. The Bertz CT molecular complexity index is 300. The van der Waals surface area contributed by atoms with E-state index in [1.54, 1.807) is 7.05 Å². The van der Waals surface area contributed by atoms with Gasteiger partial charge in [0.2, 0.25) is 0 Å². The zero-order valence-electron chi connectivity index (χ0n) is 9.92. The predicted molar refractivity (Wildman–Crippen MR) is 60.9 cm³/mol. The average Bonchev–Trinajstić information content (AvgIpc) is 2.25. The maximum absolute atomic E-state index is 11.1. The van der Waals surface area contributed by atoms with Crippen molar-refractivity contribution >= 4 is 18.7 Å². The third-order valence-electron chi connectivity index (χ3n) is 1.68. The highest BCUT2D eigenvalue weighted by atomic mass is 16.6. The van der Waals surface area contributed by atoms with Crippen molar-refractivity contribution in [2.24, 2.45) is 0 Å². The molecule has 6 heteroatoms. The van der Waals surface area contributed by atoms with Gasteiger partial charge in [-0.3, -0.25) is 4.79 Å². The van der Waals surface area contributed by atoms with Gasteiger partial charge in [0, 0.05) is 6.08 Å². The van der Waals surface area contributed by atoms with Crippen molar-refractivity contribution in [1.82, 2.24) is 0 Å². The molecule has 0 radical (unpaired) electrons. The molecule has 0 saturated heterocycles. The molecule has 0 aliphatic heterocycles. The molecule has 0 saturated carbocycles. The third-order valence-corrected chi connectivity index (χ3v) is 1.68. The smallest absolute Gasteiger partial charge is 0.330 e. The number of ether oxygens (including phenoxy) is 2. The van der Waals surface area contributed by atoms with Gasteiger partial charge in [-0.1, -0.05) is 6.58 Å². The Hall–Kier alpha value is -1.69. The molecule has 0 bridgehead atoms. The van der Waals surface area contributed by atoms with Gasteiger partial charge in [-0.15, -0.1) is 0 Å². The maximum Gasteiger partial charge on any atom is 0.330 e. The molecule has 1 N–H and O–H groups in total. The summed E-state index contributed by atoms with van der Waals surface area (Å²) in [5.41, 5.74) is 0. The van der Waals surface area contributed by atoms with E-state index >= 15 is 0 Å². The summed E-state index contributed by atoms with van der Waals surface area (Å²) in [6, 6.07) is 0. The van der Waals surface area contributed by atoms with Gasteiger partial charge in [0.1, 0.15) is 33.1 Å². The Morgan fingerprint density at radius 2 is 2.12 bits per heavy atom. The van der Waals surface area contributed by atoms with Crippen LogP contribution in [0.1, 0.15) is 6.42 Å². The van der Waals surface area contributed by atoms with Gasteiger partial charge in [-0.05, 0) is 0 Å². The van der Waals surface area contributed by atoms with E-state index in [4.69, 9.17) is 4.74 Å². The number of hydrogen-bond acceptors (Lipinski definition) is 5. The number of carbonyl (C=O) groups excluding carboxylic acids is 2. The summed E-state index contributed by atoms with van der Waals surface area (Å²) in [6.45, 7) is 6.90. The van der Waals surface area contributed by atoms with Crippen LogP contribution in [0.15, 0.2) is 12.7 Å². The molecule has 6 nitrogen and oxygen atoms in total. The summed E-state index contributed by atoms with van der Waals surface area (Å²) in [5.74, 6) is -1.12. The summed E-state index contributed by atoms with van der Waals surface area (Å²) < 4.78 is 10.9. The molecule has 1 unspecified atom stereocenters. The second-order valence-corrected chi connectivity index (χ2v) is 3.50. The molecule has 0 aliphatic carbocycles. The van der Waals surface area contributed by atoms with E-state index in [0.29, 0.717) is 6.54 Å². The van der Waals surface area contributed by atoms with Gasteiger partial charge < -0.3 is 14.6 Å². The van der Waals surface area contributed by atoms with Crippen molar-refractivity contribution in [3.8, 4) is 0 Å². The largest absolute Gasteiger partial charge is 0.463 e. The van der Waals surface area contributed by atoms with Crippen LogP contribution in [0.3, 0.4) is 0 Å². The van der Waals surface area contributed by atoms with E-state index in [0.717, 1.165) is 6.08 Å². The first kappa shape index (κ1) is 15.3. The van der Waals surface area contributed by atoms with Crippen LogP contribution in [0.4, 0.5) is 0 Å². The Morgan fingerprint density at radius 1 is 1.47 bits per heavy atom. The highest BCUT2D eigenvalue weighted by Crippen LogP contribution is 1.92. The number of esters is 2. The summed E-state index contributed by atoms with van der Waals surface area (Å²) >= 11 is 0. The number of nitrogens with zero attached hydrogens (tertiary/aromatic N) is 1. The Balaban J connectivity index is 3.62. The quantitative estimate of drug-likeness (QED) is 0.266. The highest BCUT2D eigenvalue weighted by molar-refractivity contribution is 5.81. The SMILES string of the molecule is C=CC(=O)OCCC(=O)OCC(O)C[N+](=C)C. The van der Waals surface area contributed by atoms with Crippen molar-refractivity contribution in [3.63, 3.8) is 0 Å². The van der Waals surface area contributed by atoms with Crippen LogP contribution in [0.25, 0.3) is 0 Å². The first-order valence-electron chi connectivity index (χ1n) is 5.10. The standard InChI is InChI=1S/C11H18NO5/c1-4-10(14)16-6-5-11(15)17-8-9(13)7-12(2)3/h4,9,13H,1-2,5-8H2,3H3/q+1. The number of carbonyl (C=O) groups is 2. The molecule has 17 heavy (non-hydrogen) atoms. The lowest BCUT2D eigenvalue weighted by atomic mass is 10.4. The first-order chi connectivity index (χ1) is 7.95. The van der Waals surface area contributed by atoms with E-state index < -0.39 is 18.0 Å². The highest BCUT2D eigenvalue weighted by Gasteiger charge is 2.12.